The van der Waals surface area contributed by atoms with Gasteiger partial charge in [-0.2, -0.15) is 0 Å². The molecule has 0 amide bonds. The minimum atomic E-state index is 0. The maximum Gasteiger partial charge on any atom is 0.123 e. The molecule has 2 N–H and O–H groups in total. The normalized spacial score (nSPS) is 11.6. The fourth-order valence-corrected chi connectivity index (χ4v) is 4.16. The fraction of sp³-hybridized carbons (Fsp3) is 0.167. The molecule has 152 valence electrons. The Balaban J connectivity index is 0.00000218. The molecule has 2 aromatic carbocycles. The summed E-state index contributed by atoms with van der Waals surface area (Å²) in [6.45, 7) is 6.67. The third-order valence-electron chi connectivity index (χ3n) is 5.13. The van der Waals surface area contributed by atoms with Gasteiger partial charge in [0, 0.05) is 62.1 Å². The second-order valence-electron chi connectivity index (χ2n) is 8.29. The highest BCUT2D eigenvalue weighted by molar-refractivity contribution is 7.13. The molecule has 0 aliphatic carbocycles. The molecule has 4 nitrogen and oxygen atoms in total. The van der Waals surface area contributed by atoms with Crippen LogP contribution in [0.1, 0.15) is 26.5 Å². The van der Waals surface area contributed by atoms with Gasteiger partial charge in [0.15, 0.2) is 0 Å². The zero-order valence-corrected chi connectivity index (χ0v) is 18.7. The lowest BCUT2D eigenvalue weighted by Gasteiger charge is -2.15. The number of nitrogens with zero attached hydrogens (tertiary/aromatic N) is 2. The molecule has 30 heavy (non-hydrogen) atoms. The molecule has 5 aromatic rings. The highest BCUT2D eigenvalue weighted by Gasteiger charge is 2.16. The van der Waals surface area contributed by atoms with Crippen molar-refractivity contribution < 1.29 is 0 Å². The maximum atomic E-state index is 4.57. The molecule has 0 spiro atoms. The van der Waals surface area contributed by atoms with E-state index in [0.29, 0.717) is 0 Å². The van der Waals surface area contributed by atoms with Crippen LogP contribution in [-0.2, 0) is 5.41 Å². The van der Waals surface area contributed by atoms with Gasteiger partial charge in [0.25, 0.3) is 0 Å². The molecule has 0 fully saturated rings. The predicted molar refractivity (Wildman–Crippen MR) is 130 cm³/mol. The summed E-state index contributed by atoms with van der Waals surface area (Å²) in [7, 11) is 0. The van der Waals surface area contributed by atoms with Crippen LogP contribution in [0.4, 0.5) is 11.4 Å². The Bertz CT molecular complexity index is 1320. The lowest BCUT2D eigenvalue weighted by Crippen LogP contribution is -2.10. The molecule has 0 radical (unpaired) electrons. The van der Waals surface area contributed by atoms with Crippen LogP contribution in [0.3, 0.4) is 0 Å². The summed E-state index contributed by atoms with van der Waals surface area (Å²) in [4.78, 5) is 12.5. The first-order valence-corrected chi connectivity index (χ1v) is 10.5. The first kappa shape index (κ1) is 20.4. The minimum absolute atomic E-state index is 0. The Hall–Kier alpha value is -2.89. The molecule has 0 saturated carbocycles. The van der Waals surface area contributed by atoms with Crippen LogP contribution in [0, 0.1) is 0 Å². The number of thiazole rings is 1. The molecule has 0 bridgehead atoms. The van der Waals surface area contributed by atoms with Gasteiger partial charge in [-0.15, -0.1) is 23.7 Å². The van der Waals surface area contributed by atoms with E-state index in [9.17, 15) is 0 Å². The van der Waals surface area contributed by atoms with Gasteiger partial charge in [-0.05, 0) is 36.4 Å². The molecular formula is C24H23ClN4S. The zero-order valence-electron chi connectivity index (χ0n) is 17.1. The van der Waals surface area contributed by atoms with Crippen LogP contribution in [0.25, 0.3) is 32.4 Å². The first-order valence-electron chi connectivity index (χ1n) is 9.66. The summed E-state index contributed by atoms with van der Waals surface area (Å²) in [6, 6.07) is 17.0. The lowest BCUT2D eigenvalue weighted by molar-refractivity contribution is 0.574. The summed E-state index contributed by atoms with van der Waals surface area (Å²) >= 11 is 1.64. The third kappa shape index (κ3) is 3.78. The van der Waals surface area contributed by atoms with Crippen molar-refractivity contribution in [3.05, 3.63) is 72.0 Å². The van der Waals surface area contributed by atoms with Crippen molar-refractivity contribution in [2.75, 3.05) is 5.32 Å². The molecular weight excluding hydrogens is 412 g/mol. The van der Waals surface area contributed by atoms with Crippen molar-refractivity contribution in [1.29, 1.82) is 0 Å². The molecule has 5 rings (SSSR count). The number of benzene rings is 2. The van der Waals surface area contributed by atoms with Crippen LogP contribution in [-0.4, -0.2) is 15.0 Å². The molecule has 3 aromatic heterocycles. The number of rotatable bonds is 3. The highest BCUT2D eigenvalue weighted by atomic mass is 35.5. The maximum absolute atomic E-state index is 4.57. The van der Waals surface area contributed by atoms with Crippen molar-refractivity contribution in [2.45, 2.75) is 26.2 Å². The van der Waals surface area contributed by atoms with E-state index >= 15 is 0 Å². The summed E-state index contributed by atoms with van der Waals surface area (Å²) in [5.41, 5.74) is 6.67. The molecule has 0 saturated heterocycles. The van der Waals surface area contributed by atoms with Gasteiger partial charge < -0.3 is 10.3 Å². The second-order valence-corrected chi connectivity index (χ2v) is 9.18. The average Bonchev–Trinajstić information content (AvgIpc) is 3.37. The van der Waals surface area contributed by atoms with Crippen molar-refractivity contribution in [2.24, 2.45) is 0 Å². The van der Waals surface area contributed by atoms with Crippen LogP contribution < -0.4 is 5.32 Å². The first-order chi connectivity index (χ1) is 14.0. The van der Waals surface area contributed by atoms with E-state index in [4.69, 9.17) is 0 Å². The van der Waals surface area contributed by atoms with Crippen molar-refractivity contribution in [1.82, 2.24) is 15.0 Å². The number of hydrogen-bond donors (Lipinski definition) is 2. The predicted octanol–water partition coefficient (Wildman–Crippen LogP) is 7.30. The second kappa shape index (κ2) is 7.74. The number of aromatic nitrogens is 3. The van der Waals surface area contributed by atoms with Gasteiger partial charge in [-0.1, -0.05) is 32.9 Å². The van der Waals surface area contributed by atoms with Gasteiger partial charge in [-0.3, -0.25) is 4.98 Å². The van der Waals surface area contributed by atoms with Crippen LogP contribution in [0.2, 0.25) is 0 Å². The van der Waals surface area contributed by atoms with Crippen molar-refractivity contribution in [3.63, 3.8) is 0 Å². The van der Waals surface area contributed by atoms with Crippen LogP contribution >= 0.6 is 23.7 Å². The SMILES string of the molecule is CC(C)(C)c1cc2cc(Nc3ccnc4cc(-c5nccs5)ccc34)ccc2[nH]1.Cl. The Kier molecular flexibility index (Phi) is 5.26. The van der Waals surface area contributed by atoms with E-state index in [1.165, 1.54) is 11.1 Å². The van der Waals surface area contributed by atoms with E-state index in [1.54, 1.807) is 11.3 Å². The summed E-state index contributed by atoms with van der Waals surface area (Å²) < 4.78 is 0. The Morgan fingerprint density at radius 2 is 1.80 bits per heavy atom. The smallest absolute Gasteiger partial charge is 0.123 e. The number of fused-ring (bicyclic) bond motifs is 2. The van der Waals surface area contributed by atoms with Crippen molar-refractivity contribution >= 4 is 56.9 Å². The monoisotopic (exact) mass is 434 g/mol. The van der Waals surface area contributed by atoms with Gasteiger partial charge in [-0.25, -0.2) is 4.98 Å². The number of aromatic amines is 1. The van der Waals surface area contributed by atoms with Gasteiger partial charge in [0.05, 0.1) is 5.52 Å². The molecule has 0 aliphatic rings. The molecule has 3 heterocycles. The number of hydrogen-bond acceptors (Lipinski definition) is 4. The largest absolute Gasteiger partial charge is 0.358 e. The number of halogens is 1. The fourth-order valence-electron chi connectivity index (χ4n) is 3.53. The van der Waals surface area contributed by atoms with Gasteiger partial charge >= 0.3 is 0 Å². The number of nitrogens with one attached hydrogen (secondary N) is 2. The molecule has 0 atom stereocenters. The zero-order chi connectivity index (χ0) is 20.0. The average molecular weight is 435 g/mol. The Labute approximate surface area is 185 Å². The van der Waals surface area contributed by atoms with E-state index < -0.39 is 0 Å². The van der Waals surface area contributed by atoms with Crippen LogP contribution in [0.5, 0.6) is 0 Å². The van der Waals surface area contributed by atoms with E-state index in [1.807, 2.05) is 23.8 Å². The Morgan fingerprint density at radius 1 is 0.933 bits per heavy atom. The summed E-state index contributed by atoms with van der Waals surface area (Å²) in [5, 5.41) is 8.89. The summed E-state index contributed by atoms with van der Waals surface area (Å²) in [5.74, 6) is 0. The topological polar surface area (TPSA) is 53.6 Å². The number of H-pyrrole nitrogens is 1. The van der Waals surface area contributed by atoms with Gasteiger partial charge in [0.1, 0.15) is 5.01 Å². The minimum Gasteiger partial charge on any atom is -0.358 e. The van der Waals surface area contributed by atoms with E-state index in [2.05, 4.69) is 83.5 Å². The van der Waals surface area contributed by atoms with Crippen LogP contribution in [0.15, 0.2) is 66.3 Å². The third-order valence-corrected chi connectivity index (χ3v) is 5.95. The summed E-state index contributed by atoms with van der Waals surface area (Å²) in [6.07, 6.45) is 3.68. The highest BCUT2D eigenvalue weighted by Crippen LogP contribution is 2.32. The molecule has 0 unspecified atom stereocenters. The van der Waals surface area contributed by atoms with Crippen molar-refractivity contribution in [3.8, 4) is 10.6 Å². The number of pyridine rings is 1. The number of anilines is 2. The Morgan fingerprint density at radius 3 is 2.57 bits per heavy atom. The molecule has 6 heteroatoms. The van der Waals surface area contributed by atoms with Gasteiger partial charge in [0.2, 0.25) is 0 Å². The van der Waals surface area contributed by atoms with E-state index in [0.717, 1.165) is 38.4 Å². The molecule has 0 aliphatic heterocycles. The standard InChI is InChI=1S/C24H22N4S.ClH/c1-24(2,3)22-14-16-12-17(5-7-19(16)28-22)27-20-8-9-25-21-13-15(4-6-18(20)21)23-26-10-11-29-23;/h4-14,28H,1-3H3,(H,25,27);1H. The quantitative estimate of drug-likeness (QED) is 0.313. The lowest BCUT2D eigenvalue weighted by atomic mass is 9.92. The van der Waals surface area contributed by atoms with E-state index in [-0.39, 0.29) is 17.8 Å².